The molecule has 1 aromatic heterocycles. The summed E-state index contributed by atoms with van der Waals surface area (Å²) in [5, 5.41) is 0. The SMILES string of the molecule is Cc1ccnc(N(CC(N)=O)C(C)C)c1N. The van der Waals surface area contributed by atoms with E-state index in [4.69, 9.17) is 11.5 Å². The van der Waals surface area contributed by atoms with Gasteiger partial charge in [-0.05, 0) is 32.4 Å². The predicted molar refractivity (Wildman–Crippen MR) is 65.1 cm³/mol. The molecule has 0 bridgehead atoms. The van der Waals surface area contributed by atoms with Crippen LogP contribution in [-0.2, 0) is 4.79 Å². The Labute approximate surface area is 95.4 Å². The van der Waals surface area contributed by atoms with Gasteiger partial charge in [0.15, 0.2) is 5.82 Å². The predicted octanol–water partition coefficient (Wildman–Crippen LogP) is 0.672. The largest absolute Gasteiger partial charge is 0.396 e. The van der Waals surface area contributed by atoms with Gasteiger partial charge in [0.2, 0.25) is 5.91 Å². The van der Waals surface area contributed by atoms with Gasteiger partial charge in [-0.3, -0.25) is 4.79 Å². The van der Waals surface area contributed by atoms with E-state index in [1.54, 1.807) is 11.1 Å². The molecule has 0 spiro atoms. The summed E-state index contributed by atoms with van der Waals surface area (Å²) in [5.74, 6) is 0.227. The van der Waals surface area contributed by atoms with Crippen molar-refractivity contribution in [3.63, 3.8) is 0 Å². The van der Waals surface area contributed by atoms with E-state index in [9.17, 15) is 4.79 Å². The topological polar surface area (TPSA) is 85.2 Å². The van der Waals surface area contributed by atoms with Crippen molar-refractivity contribution in [2.24, 2.45) is 5.73 Å². The van der Waals surface area contributed by atoms with Crippen molar-refractivity contribution in [3.05, 3.63) is 17.8 Å². The van der Waals surface area contributed by atoms with Crippen LogP contribution in [0.25, 0.3) is 0 Å². The molecule has 0 radical (unpaired) electrons. The van der Waals surface area contributed by atoms with Crippen molar-refractivity contribution >= 4 is 17.4 Å². The van der Waals surface area contributed by atoms with Gasteiger partial charge >= 0.3 is 0 Å². The quantitative estimate of drug-likeness (QED) is 0.784. The van der Waals surface area contributed by atoms with Gasteiger partial charge in [0.1, 0.15) is 0 Å². The Morgan fingerprint density at radius 1 is 1.56 bits per heavy atom. The molecule has 1 amide bonds. The molecule has 1 rings (SSSR count). The van der Waals surface area contributed by atoms with Crippen LogP contribution >= 0.6 is 0 Å². The van der Waals surface area contributed by atoms with Gasteiger partial charge in [0, 0.05) is 12.2 Å². The van der Waals surface area contributed by atoms with Crippen molar-refractivity contribution in [1.82, 2.24) is 4.98 Å². The first-order valence-corrected chi connectivity index (χ1v) is 5.19. The van der Waals surface area contributed by atoms with Crippen molar-refractivity contribution in [2.75, 3.05) is 17.2 Å². The maximum atomic E-state index is 11.0. The molecular weight excluding hydrogens is 204 g/mol. The second-order valence-corrected chi connectivity index (χ2v) is 4.05. The number of pyridine rings is 1. The number of hydrogen-bond acceptors (Lipinski definition) is 4. The lowest BCUT2D eigenvalue weighted by Gasteiger charge is -2.27. The van der Waals surface area contributed by atoms with Crippen LogP contribution in [0, 0.1) is 6.92 Å². The van der Waals surface area contributed by atoms with Crippen LogP contribution in [0.2, 0.25) is 0 Å². The van der Waals surface area contributed by atoms with Crippen LogP contribution in [-0.4, -0.2) is 23.5 Å². The monoisotopic (exact) mass is 222 g/mol. The van der Waals surface area contributed by atoms with Crippen LogP contribution in [0.1, 0.15) is 19.4 Å². The van der Waals surface area contributed by atoms with E-state index in [0.29, 0.717) is 11.5 Å². The zero-order chi connectivity index (χ0) is 12.3. The Morgan fingerprint density at radius 3 is 2.69 bits per heavy atom. The molecule has 0 aromatic carbocycles. The number of primary amides is 1. The molecule has 0 aliphatic heterocycles. The summed E-state index contributed by atoms with van der Waals surface area (Å²) in [4.78, 5) is 17.0. The molecule has 5 nitrogen and oxygen atoms in total. The summed E-state index contributed by atoms with van der Waals surface area (Å²) in [6.07, 6.45) is 1.68. The molecule has 0 aliphatic carbocycles. The number of anilines is 2. The number of nitrogens with zero attached hydrogens (tertiary/aromatic N) is 2. The van der Waals surface area contributed by atoms with Gasteiger partial charge in [0.25, 0.3) is 0 Å². The minimum Gasteiger partial charge on any atom is -0.396 e. The maximum Gasteiger partial charge on any atom is 0.237 e. The Balaban J connectivity index is 3.10. The summed E-state index contributed by atoms with van der Waals surface area (Å²) >= 11 is 0. The summed E-state index contributed by atoms with van der Waals surface area (Å²) in [7, 11) is 0. The highest BCUT2D eigenvalue weighted by molar-refractivity contribution is 5.81. The fourth-order valence-electron chi connectivity index (χ4n) is 1.45. The van der Waals surface area contributed by atoms with Gasteiger partial charge in [-0.15, -0.1) is 0 Å². The minimum atomic E-state index is -0.392. The minimum absolute atomic E-state index is 0.115. The molecule has 5 heteroatoms. The number of carbonyl (C=O) groups excluding carboxylic acids is 1. The summed E-state index contributed by atoms with van der Waals surface area (Å²) < 4.78 is 0. The van der Waals surface area contributed by atoms with Gasteiger partial charge in [-0.1, -0.05) is 0 Å². The van der Waals surface area contributed by atoms with E-state index in [0.717, 1.165) is 5.56 Å². The third-order valence-corrected chi connectivity index (χ3v) is 2.41. The highest BCUT2D eigenvalue weighted by Gasteiger charge is 2.17. The molecule has 0 atom stereocenters. The zero-order valence-corrected chi connectivity index (χ0v) is 9.90. The van der Waals surface area contributed by atoms with Crippen LogP contribution in [0.4, 0.5) is 11.5 Å². The molecule has 0 unspecified atom stereocenters. The standard InChI is InChI=1S/C11H18N4O/c1-7(2)15(6-9(12)16)11-10(13)8(3)4-5-14-11/h4-5,7H,6,13H2,1-3H3,(H2,12,16). The maximum absolute atomic E-state index is 11.0. The molecule has 0 fully saturated rings. The van der Waals surface area contributed by atoms with Crippen LogP contribution in [0.5, 0.6) is 0 Å². The van der Waals surface area contributed by atoms with Crippen molar-refractivity contribution < 1.29 is 4.79 Å². The smallest absolute Gasteiger partial charge is 0.237 e. The molecule has 88 valence electrons. The number of hydrogen-bond donors (Lipinski definition) is 2. The Hall–Kier alpha value is -1.78. The van der Waals surface area contributed by atoms with E-state index in [-0.39, 0.29) is 12.6 Å². The summed E-state index contributed by atoms with van der Waals surface area (Å²) in [6, 6.07) is 1.95. The normalized spacial score (nSPS) is 10.5. The van der Waals surface area contributed by atoms with Crippen molar-refractivity contribution in [3.8, 4) is 0 Å². The van der Waals surface area contributed by atoms with E-state index in [1.807, 2.05) is 26.8 Å². The highest BCUT2D eigenvalue weighted by Crippen LogP contribution is 2.24. The Kier molecular flexibility index (Phi) is 3.71. The van der Waals surface area contributed by atoms with Gasteiger partial charge in [-0.2, -0.15) is 0 Å². The van der Waals surface area contributed by atoms with Crippen LogP contribution < -0.4 is 16.4 Å². The van der Waals surface area contributed by atoms with E-state index < -0.39 is 5.91 Å². The molecule has 0 saturated heterocycles. The number of rotatable bonds is 4. The molecule has 16 heavy (non-hydrogen) atoms. The lowest BCUT2D eigenvalue weighted by molar-refractivity contribution is -0.116. The highest BCUT2D eigenvalue weighted by atomic mass is 16.1. The average Bonchev–Trinajstić information content (AvgIpc) is 2.18. The van der Waals surface area contributed by atoms with Crippen LogP contribution in [0.15, 0.2) is 12.3 Å². The second-order valence-electron chi connectivity index (χ2n) is 4.05. The number of nitrogens with two attached hydrogens (primary N) is 2. The molecule has 1 aromatic rings. The zero-order valence-electron chi connectivity index (χ0n) is 9.90. The number of aromatic nitrogens is 1. The number of aryl methyl sites for hydroxylation is 1. The molecule has 0 saturated carbocycles. The van der Waals surface area contributed by atoms with Crippen LogP contribution in [0.3, 0.4) is 0 Å². The van der Waals surface area contributed by atoms with Gasteiger partial charge in [-0.25, -0.2) is 4.98 Å². The fraction of sp³-hybridized carbons (Fsp3) is 0.455. The number of amides is 1. The first-order valence-electron chi connectivity index (χ1n) is 5.19. The average molecular weight is 222 g/mol. The first-order chi connectivity index (χ1) is 7.43. The number of carbonyl (C=O) groups is 1. The Morgan fingerprint density at radius 2 is 2.19 bits per heavy atom. The Bertz CT molecular complexity index is 390. The third-order valence-electron chi connectivity index (χ3n) is 2.41. The fourth-order valence-corrected chi connectivity index (χ4v) is 1.45. The van der Waals surface area contributed by atoms with Gasteiger partial charge < -0.3 is 16.4 Å². The first kappa shape index (κ1) is 12.3. The summed E-state index contributed by atoms with van der Waals surface area (Å²) in [5.41, 5.74) is 12.7. The molecular formula is C11H18N4O. The van der Waals surface area contributed by atoms with E-state index >= 15 is 0 Å². The molecule has 0 aliphatic rings. The lowest BCUT2D eigenvalue weighted by Crippen LogP contribution is -2.39. The second kappa shape index (κ2) is 4.83. The molecule has 4 N–H and O–H groups in total. The number of nitrogen functional groups attached to an aromatic ring is 1. The third kappa shape index (κ3) is 2.62. The van der Waals surface area contributed by atoms with E-state index in [1.165, 1.54) is 0 Å². The summed E-state index contributed by atoms with van der Waals surface area (Å²) in [6.45, 7) is 5.96. The lowest BCUT2D eigenvalue weighted by atomic mass is 10.2. The van der Waals surface area contributed by atoms with Crippen molar-refractivity contribution in [2.45, 2.75) is 26.8 Å². The molecule has 1 heterocycles. The van der Waals surface area contributed by atoms with E-state index in [2.05, 4.69) is 4.98 Å². The van der Waals surface area contributed by atoms with Crippen molar-refractivity contribution in [1.29, 1.82) is 0 Å². The van der Waals surface area contributed by atoms with Gasteiger partial charge in [0.05, 0.1) is 12.2 Å².